The van der Waals surface area contributed by atoms with Crippen LogP contribution in [-0.2, 0) is 6.54 Å². The van der Waals surface area contributed by atoms with Gasteiger partial charge in [-0.05, 0) is 24.1 Å². The number of alkyl halides is 1. The minimum absolute atomic E-state index is 0.206. The Balaban J connectivity index is 1.83. The number of halogens is 1. The summed E-state index contributed by atoms with van der Waals surface area (Å²) < 4.78 is 12.5. The number of amides is 2. The van der Waals surface area contributed by atoms with Gasteiger partial charge >= 0.3 is 6.03 Å². The molecule has 0 aromatic carbocycles. The zero-order valence-electron chi connectivity index (χ0n) is 9.11. The van der Waals surface area contributed by atoms with Crippen LogP contribution in [-0.4, -0.2) is 35.2 Å². The maximum absolute atomic E-state index is 12.5. The van der Waals surface area contributed by atoms with Crippen LogP contribution in [0.15, 0.2) is 18.5 Å². The van der Waals surface area contributed by atoms with Crippen molar-refractivity contribution in [1.82, 2.24) is 15.2 Å². The highest BCUT2D eigenvalue weighted by Crippen LogP contribution is 2.11. The first-order chi connectivity index (χ1) is 7.66. The van der Waals surface area contributed by atoms with Gasteiger partial charge in [0.25, 0.3) is 0 Å². The lowest BCUT2D eigenvalue weighted by Crippen LogP contribution is -2.54. The van der Waals surface area contributed by atoms with Crippen LogP contribution in [0.4, 0.5) is 9.18 Å². The lowest BCUT2D eigenvalue weighted by Gasteiger charge is -2.34. The molecule has 1 aliphatic heterocycles. The Hall–Kier alpha value is -1.65. The predicted octanol–water partition coefficient (Wildman–Crippen LogP) is 1.25. The standard InChI is InChI=1S/C11H14FN3O/c1-8-2-3-13-4-9(8)5-14-11(16)15-6-10(12)7-15/h2-4,10H,5-7H2,1H3,(H,14,16). The van der Waals surface area contributed by atoms with Crippen molar-refractivity contribution in [1.29, 1.82) is 0 Å². The van der Waals surface area contributed by atoms with Gasteiger partial charge in [-0.2, -0.15) is 0 Å². The fourth-order valence-electron chi connectivity index (χ4n) is 1.56. The summed E-state index contributed by atoms with van der Waals surface area (Å²) in [6.07, 6.45) is 2.58. The van der Waals surface area contributed by atoms with Crippen LogP contribution in [0.5, 0.6) is 0 Å². The molecule has 4 nitrogen and oxygen atoms in total. The topological polar surface area (TPSA) is 45.2 Å². The van der Waals surface area contributed by atoms with Crippen LogP contribution in [0.1, 0.15) is 11.1 Å². The summed E-state index contributed by atoms with van der Waals surface area (Å²) >= 11 is 0. The van der Waals surface area contributed by atoms with E-state index >= 15 is 0 Å². The van der Waals surface area contributed by atoms with Gasteiger partial charge in [-0.15, -0.1) is 0 Å². The van der Waals surface area contributed by atoms with Crippen LogP contribution in [0.2, 0.25) is 0 Å². The van der Waals surface area contributed by atoms with E-state index in [1.165, 1.54) is 4.90 Å². The van der Waals surface area contributed by atoms with Crippen LogP contribution in [0.25, 0.3) is 0 Å². The second-order valence-electron chi connectivity index (χ2n) is 3.96. The maximum atomic E-state index is 12.5. The fraction of sp³-hybridized carbons (Fsp3) is 0.455. The third-order valence-corrected chi connectivity index (χ3v) is 2.70. The van der Waals surface area contributed by atoms with E-state index in [-0.39, 0.29) is 19.1 Å². The van der Waals surface area contributed by atoms with Crippen molar-refractivity contribution >= 4 is 6.03 Å². The van der Waals surface area contributed by atoms with Gasteiger partial charge in [0.05, 0.1) is 13.1 Å². The van der Waals surface area contributed by atoms with Crippen molar-refractivity contribution in [2.45, 2.75) is 19.6 Å². The Morgan fingerprint density at radius 3 is 3.06 bits per heavy atom. The van der Waals surface area contributed by atoms with Crippen molar-refractivity contribution < 1.29 is 9.18 Å². The summed E-state index contributed by atoms with van der Waals surface area (Å²) in [7, 11) is 0. The smallest absolute Gasteiger partial charge is 0.317 e. The van der Waals surface area contributed by atoms with Gasteiger partial charge in [0.15, 0.2) is 0 Å². The SMILES string of the molecule is Cc1ccncc1CNC(=O)N1CC(F)C1. The van der Waals surface area contributed by atoms with Crippen LogP contribution in [0.3, 0.4) is 0 Å². The molecule has 2 amide bonds. The minimum Gasteiger partial charge on any atom is -0.334 e. The summed E-state index contributed by atoms with van der Waals surface area (Å²) in [5.41, 5.74) is 2.07. The number of nitrogens with zero attached hydrogens (tertiary/aromatic N) is 2. The molecule has 1 aliphatic rings. The highest BCUT2D eigenvalue weighted by Gasteiger charge is 2.29. The first kappa shape index (κ1) is 10.9. The van der Waals surface area contributed by atoms with E-state index in [0.717, 1.165) is 11.1 Å². The molecule has 16 heavy (non-hydrogen) atoms. The van der Waals surface area contributed by atoms with Crippen LogP contribution in [0, 0.1) is 6.92 Å². The van der Waals surface area contributed by atoms with E-state index in [4.69, 9.17) is 0 Å². The number of pyridine rings is 1. The van der Waals surface area contributed by atoms with Gasteiger partial charge in [-0.3, -0.25) is 4.98 Å². The van der Waals surface area contributed by atoms with Crippen LogP contribution >= 0.6 is 0 Å². The number of carbonyl (C=O) groups excluding carboxylic acids is 1. The van der Waals surface area contributed by atoms with E-state index < -0.39 is 6.17 Å². The number of aryl methyl sites for hydroxylation is 1. The van der Waals surface area contributed by atoms with Gasteiger partial charge in [-0.1, -0.05) is 0 Å². The van der Waals surface area contributed by atoms with E-state index in [9.17, 15) is 9.18 Å². The number of nitrogens with one attached hydrogen (secondary N) is 1. The number of rotatable bonds is 2. The molecule has 1 saturated heterocycles. The van der Waals surface area contributed by atoms with Gasteiger partial charge in [0, 0.05) is 18.9 Å². The number of urea groups is 1. The molecular formula is C11H14FN3O. The van der Waals surface area contributed by atoms with Gasteiger partial charge in [-0.25, -0.2) is 9.18 Å². The molecule has 1 aromatic heterocycles. The van der Waals surface area contributed by atoms with Crippen molar-refractivity contribution in [3.05, 3.63) is 29.6 Å². The molecule has 0 radical (unpaired) electrons. The van der Waals surface area contributed by atoms with E-state index in [0.29, 0.717) is 6.54 Å². The summed E-state index contributed by atoms with van der Waals surface area (Å²) in [4.78, 5) is 16.9. The number of hydrogen-bond donors (Lipinski definition) is 1. The summed E-state index contributed by atoms with van der Waals surface area (Å²) in [5, 5.41) is 2.74. The zero-order valence-corrected chi connectivity index (χ0v) is 9.11. The first-order valence-electron chi connectivity index (χ1n) is 5.23. The molecule has 2 heterocycles. The fourth-order valence-corrected chi connectivity index (χ4v) is 1.56. The normalized spacial score (nSPS) is 15.8. The maximum Gasteiger partial charge on any atom is 0.317 e. The predicted molar refractivity (Wildman–Crippen MR) is 57.7 cm³/mol. The Morgan fingerprint density at radius 2 is 2.44 bits per heavy atom. The van der Waals surface area contributed by atoms with Crippen LogP contribution < -0.4 is 5.32 Å². The van der Waals surface area contributed by atoms with Crippen molar-refractivity contribution in [3.63, 3.8) is 0 Å². The molecule has 1 aromatic rings. The third kappa shape index (κ3) is 2.29. The summed E-state index contributed by atoms with van der Waals surface area (Å²) in [6, 6.07) is 1.68. The minimum atomic E-state index is -0.856. The van der Waals surface area contributed by atoms with Gasteiger partial charge < -0.3 is 10.2 Å². The second-order valence-corrected chi connectivity index (χ2v) is 3.96. The number of carbonyl (C=O) groups is 1. The number of aromatic nitrogens is 1. The van der Waals surface area contributed by atoms with E-state index in [1.807, 2.05) is 13.0 Å². The molecule has 1 fully saturated rings. The zero-order chi connectivity index (χ0) is 11.5. The highest BCUT2D eigenvalue weighted by atomic mass is 19.1. The Labute approximate surface area is 93.5 Å². The average molecular weight is 223 g/mol. The molecule has 0 bridgehead atoms. The van der Waals surface area contributed by atoms with Gasteiger partial charge in [0.1, 0.15) is 6.17 Å². The van der Waals surface area contributed by atoms with Crippen molar-refractivity contribution in [3.8, 4) is 0 Å². The lowest BCUT2D eigenvalue weighted by atomic mass is 10.1. The number of hydrogen-bond acceptors (Lipinski definition) is 2. The quantitative estimate of drug-likeness (QED) is 0.820. The Bertz CT molecular complexity index is 391. The van der Waals surface area contributed by atoms with Crippen molar-refractivity contribution in [2.24, 2.45) is 0 Å². The first-order valence-corrected chi connectivity index (χ1v) is 5.23. The molecule has 0 atom stereocenters. The number of likely N-dealkylation sites (tertiary alicyclic amines) is 1. The molecule has 0 spiro atoms. The van der Waals surface area contributed by atoms with Gasteiger partial charge in [0.2, 0.25) is 0 Å². The summed E-state index contributed by atoms with van der Waals surface area (Å²) in [5.74, 6) is 0. The lowest BCUT2D eigenvalue weighted by molar-refractivity contribution is 0.0896. The molecule has 86 valence electrons. The second kappa shape index (κ2) is 4.47. The van der Waals surface area contributed by atoms with E-state index in [2.05, 4.69) is 10.3 Å². The molecule has 0 aliphatic carbocycles. The Kier molecular flexibility index (Phi) is 3.03. The average Bonchev–Trinajstić information content (AvgIpc) is 2.23. The molecule has 2 rings (SSSR count). The Morgan fingerprint density at radius 1 is 1.69 bits per heavy atom. The van der Waals surface area contributed by atoms with E-state index in [1.54, 1.807) is 12.4 Å². The molecule has 0 unspecified atom stereocenters. The third-order valence-electron chi connectivity index (χ3n) is 2.70. The largest absolute Gasteiger partial charge is 0.334 e. The molecule has 0 saturated carbocycles. The molecular weight excluding hydrogens is 209 g/mol. The highest BCUT2D eigenvalue weighted by molar-refractivity contribution is 5.75. The monoisotopic (exact) mass is 223 g/mol. The summed E-state index contributed by atoms with van der Waals surface area (Å²) in [6.45, 7) is 2.81. The van der Waals surface area contributed by atoms with Crippen molar-refractivity contribution in [2.75, 3.05) is 13.1 Å². The molecule has 1 N–H and O–H groups in total. The molecule has 5 heteroatoms.